The second-order valence-electron chi connectivity index (χ2n) is 2.92. The van der Waals surface area contributed by atoms with Gasteiger partial charge in [0.05, 0.1) is 5.02 Å². The fourth-order valence-electron chi connectivity index (χ4n) is 1.51. The molecule has 0 amide bonds. The molecule has 1 nitrogen and oxygen atoms in total. The Morgan fingerprint density at radius 3 is 2.92 bits per heavy atom. The maximum atomic E-state index is 6.08. The van der Waals surface area contributed by atoms with Crippen LogP contribution in [0.3, 0.4) is 0 Å². The summed E-state index contributed by atoms with van der Waals surface area (Å²) in [5.41, 5.74) is 2.27. The van der Waals surface area contributed by atoms with Crippen molar-refractivity contribution in [2.45, 2.75) is 6.42 Å². The summed E-state index contributed by atoms with van der Waals surface area (Å²) in [6.45, 7) is 0. The first-order valence-electron chi connectivity index (χ1n) is 4.13. The number of benzene rings is 1. The number of fused-ring (bicyclic) bond motifs is 1. The van der Waals surface area contributed by atoms with Gasteiger partial charge in [-0.1, -0.05) is 17.7 Å². The monoisotopic (exact) mass is 213 g/mol. The molecule has 3 heteroatoms. The second-order valence-corrected chi connectivity index (χ2v) is 3.70. The highest BCUT2D eigenvalue weighted by atomic mass is 35.5. The van der Waals surface area contributed by atoms with Crippen molar-refractivity contribution >= 4 is 34.1 Å². The van der Waals surface area contributed by atoms with Gasteiger partial charge in [-0.05, 0) is 24.1 Å². The number of alkyl halides is 1. The van der Waals surface area contributed by atoms with Crippen LogP contribution in [0.25, 0.3) is 10.9 Å². The zero-order valence-corrected chi connectivity index (χ0v) is 8.49. The van der Waals surface area contributed by atoms with Crippen LogP contribution in [-0.2, 0) is 6.42 Å². The SMILES string of the molecule is ClCCc1c[nH]c2cccc(Cl)c12. The molecule has 0 spiro atoms. The first-order chi connectivity index (χ1) is 6.33. The standard InChI is InChI=1S/C10H9Cl2N/c11-5-4-7-6-13-9-3-1-2-8(12)10(7)9/h1-3,6,13H,4-5H2. The van der Waals surface area contributed by atoms with Gasteiger partial charge in [-0.3, -0.25) is 0 Å². The summed E-state index contributed by atoms with van der Waals surface area (Å²) in [5, 5.41) is 1.89. The lowest BCUT2D eigenvalue weighted by atomic mass is 10.1. The quantitative estimate of drug-likeness (QED) is 0.735. The summed E-state index contributed by atoms with van der Waals surface area (Å²) < 4.78 is 0. The Bertz CT molecular complexity index is 420. The highest BCUT2D eigenvalue weighted by Crippen LogP contribution is 2.26. The van der Waals surface area contributed by atoms with E-state index in [-0.39, 0.29) is 0 Å². The molecule has 0 unspecified atom stereocenters. The molecular formula is C10H9Cl2N. The second kappa shape index (κ2) is 3.60. The van der Waals surface area contributed by atoms with Gasteiger partial charge in [0.15, 0.2) is 0 Å². The normalized spacial score (nSPS) is 10.9. The first-order valence-corrected chi connectivity index (χ1v) is 5.04. The molecule has 2 rings (SSSR count). The minimum Gasteiger partial charge on any atom is -0.361 e. The van der Waals surface area contributed by atoms with Gasteiger partial charge in [0.1, 0.15) is 0 Å². The highest BCUT2D eigenvalue weighted by molar-refractivity contribution is 6.35. The van der Waals surface area contributed by atoms with Crippen molar-refractivity contribution in [2.24, 2.45) is 0 Å². The smallest absolute Gasteiger partial charge is 0.0502 e. The van der Waals surface area contributed by atoms with Gasteiger partial charge in [-0.2, -0.15) is 0 Å². The van der Waals surface area contributed by atoms with Crippen LogP contribution in [-0.4, -0.2) is 10.9 Å². The van der Waals surface area contributed by atoms with Gasteiger partial charge < -0.3 is 4.98 Å². The Morgan fingerprint density at radius 1 is 1.31 bits per heavy atom. The lowest BCUT2D eigenvalue weighted by Gasteiger charge is -1.97. The topological polar surface area (TPSA) is 15.8 Å². The minimum atomic E-state index is 0.623. The lowest BCUT2D eigenvalue weighted by molar-refractivity contribution is 1.16. The van der Waals surface area contributed by atoms with Crippen molar-refractivity contribution in [2.75, 3.05) is 5.88 Å². The first kappa shape index (κ1) is 8.92. The molecule has 0 saturated heterocycles. The van der Waals surface area contributed by atoms with Crippen molar-refractivity contribution in [1.29, 1.82) is 0 Å². The van der Waals surface area contributed by atoms with Crippen LogP contribution in [0.1, 0.15) is 5.56 Å². The number of rotatable bonds is 2. The summed E-state index contributed by atoms with van der Waals surface area (Å²) >= 11 is 11.8. The van der Waals surface area contributed by atoms with E-state index in [1.165, 1.54) is 5.56 Å². The zero-order chi connectivity index (χ0) is 9.26. The molecule has 0 aliphatic rings. The van der Waals surface area contributed by atoms with Crippen LogP contribution in [0.4, 0.5) is 0 Å². The average molecular weight is 214 g/mol. The van der Waals surface area contributed by atoms with Crippen molar-refractivity contribution in [3.05, 3.63) is 35.0 Å². The van der Waals surface area contributed by atoms with E-state index < -0.39 is 0 Å². The van der Waals surface area contributed by atoms with Crippen molar-refractivity contribution < 1.29 is 0 Å². The van der Waals surface area contributed by atoms with Crippen LogP contribution in [0.5, 0.6) is 0 Å². The van der Waals surface area contributed by atoms with E-state index in [9.17, 15) is 0 Å². The van der Waals surface area contributed by atoms with E-state index in [4.69, 9.17) is 23.2 Å². The molecule has 1 N–H and O–H groups in total. The maximum Gasteiger partial charge on any atom is 0.0502 e. The number of aryl methyl sites for hydroxylation is 1. The van der Waals surface area contributed by atoms with Gasteiger partial charge in [0.25, 0.3) is 0 Å². The van der Waals surface area contributed by atoms with E-state index in [0.29, 0.717) is 5.88 Å². The summed E-state index contributed by atoms with van der Waals surface area (Å²) in [7, 11) is 0. The maximum absolute atomic E-state index is 6.08. The molecule has 0 aliphatic heterocycles. The number of aromatic nitrogens is 1. The molecule has 0 saturated carbocycles. The van der Waals surface area contributed by atoms with E-state index in [1.807, 2.05) is 24.4 Å². The molecule has 0 atom stereocenters. The summed E-state index contributed by atoms with van der Waals surface area (Å²) in [6, 6.07) is 5.85. The average Bonchev–Trinajstić information content (AvgIpc) is 2.51. The lowest BCUT2D eigenvalue weighted by Crippen LogP contribution is -1.83. The number of aromatic amines is 1. The molecule has 68 valence electrons. The van der Waals surface area contributed by atoms with Crippen LogP contribution < -0.4 is 0 Å². The Hall–Kier alpha value is -0.660. The predicted octanol–water partition coefficient (Wildman–Crippen LogP) is 3.60. The van der Waals surface area contributed by atoms with Crippen molar-refractivity contribution in [1.82, 2.24) is 4.98 Å². The fraction of sp³-hybridized carbons (Fsp3) is 0.200. The minimum absolute atomic E-state index is 0.623. The number of halogens is 2. The Labute approximate surface area is 86.7 Å². The van der Waals surface area contributed by atoms with Gasteiger partial charge >= 0.3 is 0 Å². The summed E-state index contributed by atoms with van der Waals surface area (Å²) in [6.07, 6.45) is 2.82. The Morgan fingerprint density at radius 2 is 2.15 bits per heavy atom. The highest BCUT2D eigenvalue weighted by Gasteiger charge is 2.05. The molecule has 0 radical (unpaired) electrons. The molecule has 1 heterocycles. The van der Waals surface area contributed by atoms with Gasteiger partial charge in [0, 0.05) is 23.0 Å². The van der Waals surface area contributed by atoms with Crippen LogP contribution in [0.15, 0.2) is 24.4 Å². The van der Waals surface area contributed by atoms with E-state index in [1.54, 1.807) is 0 Å². The summed E-state index contributed by atoms with van der Waals surface area (Å²) in [5.74, 6) is 0.623. The largest absolute Gasteiger partial charge is 0.361 e. The van der Waals surface area contributed by atoms with Gasteiger partial charge in [-0.15, -0.1) is 11.6 Å². The molecular weight excluding hydrogens is 205 g/mol. The fourth-order valence-corrected chi connectivity index (χ4v) is 2.01. The predicted molar refractivity (Wildman–Crippen MR) is 57.7 cm³/mol. The van der Waals surface area contributed by atoms with Gasteiger partial charge in [0.2, 0.25) is 0 Å². The summed E-state index contributed by atoms with van der Waals surface area (Å²) in [4.78, 5) is 3.17. The van der Waals surface area contributed by atoms with E-state index >= 15 is 0 Å². The third-order valence-electron chi connectivity index (χ3n) is 2.10. The molecule has 0 aliphatic carbocycles. The van der Waals surface area contributed by atoms with E-state index in [2.05, 4.69) is 4.98 Å². The van der Waals surface area contributed by atoms with Crippen molar-refractivity contribution in [3.63, 3.8) is 0 Å². The van der Waals surface area contributed by atoms with Crippen LogP contribution >= 0.6 is 23.2 Å². The molecule has 1 aromatic carbocycles. The Balaban J connectivity index is 2.64. The molecule has 0 fully saturated rings. The number of H-pyrrole nitrogens is 1. The zero-order valence-electron chi connectivity index (χ0n) is 6.98. The third-order valence-corrected chi connectivity index (χ3v) is 2.60. The molecule has 0 bridgehead atoms. The molecule has 2 aromatic rings. The van der Waals surface area contributed by atoms with Gasteiger partial charge in [-0.25, -0.2) is 0 Å². The molecule has 1 aromatic heterocycles. The third kappa shape index (κ3) is 1.54. The van der Waals surface area contributed by atoms with Crippen LogP contribution in [0, 0.1) is 0 Å². The van der Waals surface area contributed by atoms with E-state index in [0.717, 1.165) is 22.3 Å². The molecule has 13 heavy (non-hydrogen) atoms. The van der Waals surface area contributed by atoms with Crippen molar-refractivity contribution in [3.8, 4) is 0 Å². The number of hydrogen-bond acceptors (Lipinski definition) is 0. The number of nitrogens with one attached hydrogen (secondary N) is 1. The van der Waals surface area contributed by atoms with Crippen LogP contribution in [0.2, 0.25) is 5.02 Å². The number of hydrogen-bond donors (Lipinski definition) is 1. The Kier molecular flexibility index (Phi) is 2.47.